The molecule has 0 saturated heterocycles. The molecule has 1 rings (SSSR count). The molecule has 1 atom stereocenters. The standard InChI is InChI=1S/C16H32O2Si/c1-4-10-14(13-11-8-7-9-12-13)16(5-2,6-3)15(17)18-19/h13-14H,4-12H2,1-3,19H3. The summed E-state index contributed by atoms with van der Waals surface area (Å²) in [6.45, 7) is 6.60. The molecule has 112 valence electrons. The van der Waals surface area contributed by atoms with Crippen LogP contribution in [0.3, 0.4) is 0 Å². The average Bonchev–Trinajstić information content (AvgIpc) is 2.48. The molecule has 0 aromatic carbocycles. The van der Waals surface area contributed by atoms with Gasteiger partial charge in [0.05, 0.1) is 5.41 Å². The van der Waals surface area contributed by atoms with Crippen molar-refractivity contribution in [2.24, 2.45) is 17.3 Å². The molecule has 1 aliphatic carbocycles. The third kappa shape index (κ3) is 3.62. The quantitative estimate of drug-likeness (QED) is 0.668. The average molecular weight is 285 g/mol. The van der Waals surface area contributed by atoms with E-state index in [4.69, 9.17) is 4.43 Å². The maximum Gasteiger partial charge on any atom is 0.298 e. The normalized spacial score (nSPS) is 19.3. The molecule has 0 aromatic heterocycles. The highest BCUT2D eigenvalue weighted by atomic mass is 28.2. The molecule has 0 spiro atoms. The smallest absolute Gasteiger partial charge is 0.298 e. The van der Waals surface area contributed by atoms with Crippen molar-refractivity contribution in [3.05, 3.63) is 0 Å². The Morgan fingerprint density at radius 2 is 1.79 bits per heavy atom. The SMILES string of the molecule is CCCC(C1CCCCC1)C(CC)(CC)C(=O)O[SiH3]. The summed E-state index contributed by atoms with van der Waals surface area (Å²) in [6, 6.07) is 0. The summed E-state index contributed by atoms with van der Waals surface area (Å²) in [7, 11) is 0.527. The minimum Gasteiger partial charge on any atom is -0.528 e. The van der Waals surface area contributed by atoms with Crippen LogP contribution in [0, 0.1) is 17.3 Å². The third-order valence-electron chi connectivity index (χ3n) is 5.38. The van der Waals surface area contributed by atoms with Gasteiger partial charge in [0.2, 0.25) is 10.5 Å². The molecule has 1 aliphatic rings. The molecule has 19 heavy (non-hydrogen) atoms. The van der Waals surface area contributed by atoms with E-state index in [2.05, 4.69) is 20.8 Å². The second-order valence-corrected chi connectivity index (χ2v) is 6.56. The van der Waals surface area contributed by atoms with Crippen LogP contribution < -0.4 is 0 Å². The number of hydrogen-bond donors (Lipinski definition) is 0. The molecule has 0 heterocycles. The van der Waals surface area contributed by atoms with E-state index in [-0.39, 0.29) is 11.4 Å². The topological polar surface area (TPSA) is 26.3 Å². The van der Waals surface area contributed by atoms with Gasteiger partial charge in [-0.15, -0.1) is 0 Å². The lowest BCUT2D eigenvalue weighted by molar-refractivity contribution is -0.152. The lowest BCUT2D eigenvalue weighted by Gasteiger charge is -2.43. The van der Waals surface area contributed by atoms with Gasteiger partial charge in [0.15, 0.2) is 0 Å². The van der Waals surface area contributed by atoms with E-state index >= 15 is 0 Å². The largest absolute Gasteiger partial charge is 0.528 e. The van der Waals surface area contributed by atoms with Crippen LogP contribution in [-0.4, -0.2) is 16.5 Å². The van der Waals surface area contributed by atoms with Gasteiger partial charge >= 0.3 is 0 Å². The minimum absolute atomic E-state index is 0.0909. The van der Waals surface area contributed by atoms with Crippen molar-refractivity contribution in [1.82, 2.24) is 0 Å². The van der Waals surface area contributed by atoms with Gasteiger partial charge in [0.1, 0.15) is 0 Å². The summed E-state index contributed by atoms with van der Waals surface area (Å²) in [5.74, 6) is 1.37. The maximum atomic E-state index is 12.5. The Bertz CT molecular complexity index is 268. The fraction of sp³-hybridized carbons (Fsp3) is 0.938. The van der Waals surface area contributed by atoms with Gasteiger partial charge in [-0.25, -0.2) is 0 Å². The Kier molecular flexibility index (Phi) is 7.12. The number of rotatable bonds is 7. The lowest BCUT2D eigenvalue weighted by atomic mass is 9.61. The van der Waals surface area contributed by atoms with Gasteiger partial charge in [-0.1, -0.05) is 59.3 Å². The first-order chi connectivity index (χ1) is 9.16. The first-order valence-electron chi connectivity index (χ1n) is 8.24. The van der Waals surface area contributed by atoms with E-state index in [1.165, 1.54) is 44.9 Å². The van der Waals surface area contributed by atoms with E-state index in [1.54, 1.807) is 0 Å². The monoisotopic (exact) mass is 284 g/mol. The van der Waals surface area contributed by atoms with Crippen molar-refractivity contribution in [1.29, 1.82) is 0 Å². The zero-order valence-corrected chi connectivity index (χ0v) is 15.3. The van der Waals surface area contributed by atoms with Crippen LogP contribution in [0.25, 0.3) is 0 Å². The molecule has 0 aliphatic heterocycles. The lowest BCUT2D eigenvalue weighted by Crippen LogP contribution is -2.43. The van der Waals surface area contributed by atoms with E-state index in [0.29, 0.717) is 16.4 Å². The zero-order chi connectivity index (χ0) is 14.3. The van der Waals surface area contributed by atoms with E-state index < -0.39 is 0 Å². The van der Waals surface area contributed by atoms with Crippen molar-refractivity contribution in [3.8, 4) is 0 Å². The predicted molar refractivity (Wildman–Crippen MR) is 84.0 cm³/mol. The van der Waals surface area contributed by atoms with Gasteiger partial charge in [-0.3, -0.25) is 4.79 Å². The number of carbonyl (C=O) groups is 1. The Balaban J connectivity index is 2.99. The summed E-state index contributed by atoms with van der Waals surface area (Å²) in [5, 5.41) is 0. The molecule has 0 radical (unpaired) electrons. The molecule has 1 unspecified atom stereocenters. The molecule has 0 N–H and O–H groups in total. The van der Waals surface area contributed by atoms with Crippen LogP contribution in [0.4, 0.5) is 0 Å². The molecule has 1 saturated carbocycles. The summed E-state index contributed by atoms with van der Waals surface area (Å²) in [4.78, 5) is 12.5. The van der Waals surface area contributed by atoms with Gasteiger partial charge in [-0.05, 0) is 31.1 Å². The molecule has 3 heteroatoms. The van der Waals surface area contributed by atoms with Crippen molar-refractivity contribution in [3.63, 3.8) is 0 Å². The fourth-order valence-electron chi connectivity index (χ4n) is 4.23. The molecular weight excluding hydrogens is 252 g/mol. The number of hydrogen-bond acceptors (Lipinski definition) is 2. The minimum atomic E-state index is -0.209. The van der Waals surface area contributed by atoms with Gasteiger partial charge in [0, 0.05) is 0 Å². The predicted octanol–water partition coefficient (Wildman–Crippen LogP) is 3.61. The van der Waals surface area contributed by atoms with E-state index in [0.717, 1.165) is 18.8 Å². The van der Waals surface area contributed by atoms with E-state index in [9.17, 15) is 4.79 Å². The first kappa shape index (κ1) is 16.7. The van der Waals surface area contributed by atoms with Crippen LogP contribution >= 0.6 is 0 Å². The van der Waals surface area contributed by atoms with Crippen molar-refractivity contribution >= 4 is 16.5 Å². The highest BCUT2D eigenvalue weighted by Crippen LogP contribution is 2.47. The highest BCUT2D eigenvalue weighted by molar-refractivity contribution is 6.06. The molecule has 0 amide bonds. The first-order valence-corrected chi connectivity index (χ1v) is 9.06. The summed E-state index contributed by atoms with van der Waals surface area (Å²) < 4.78 is 5.32. The summed E-state index contributed by atoms with van der Waals surface area (Å²) >= 11 is 0. The van der Waals surface area contributed by atoms with Crippen molar-refractivity contribution in [2.45, 2.75) is 78.6 Å². The van der Waals surface area contributed by atoms with Crippen LogP contribution in [0.5, 0.6) is 0 Å². The molecule has 0 bridgehead atoms. The van der Waals surface area contributed by atoms with Gasteiger partial charge in [-0.2, -0.15) is 0 Å². The molecule has 0 aromatic rings. The Labute approximate surface area is 122 Å². The van der Waals surface area contributed by atoms with Crippen LogP contribution in [-0.2, 0) is 9.22 Å². The molecule has 2 nitrogen and oxygen atoms in total. The van der Waals surface area contributed by atoms with Gasteiger partial charge < -0.3 is 4.43 Å². The molecule has 1 fully saturated rings. The van der Waals surface area contributed by atoms with Crippen LogP contribution in [0.15, 0.2) is 0 Å². The summed E-state index contributed by atoms with van der Waals surface area (Å²) in [6.07, 6.45) is 11.0. The number of carbonyl (C=O) groups excluding carboxylic acids is 1. The summed E-state index contributed by atoms with van der Waals surface area (Å²) in [5.41, 5.74) is -0.209. The maximum absolute atomic E-state index is 12.5. The van der Waals surface area contributed by atoms with Crippen molar-refractivity contribution < 1.29 is 9.22 Å². The Morgan fingerprint density at radius 3 is 2.21 bits per heavy atom. The highest BCUT2D eigenvalue weighted by Gasteiger charge is 2.46. The Morgan fingerprint density at radius 1 is 1.21 bits per heavy atom. The van der Waals surface area contributed by atoms with Crippen LogP contribution in [0.2, 0.25) is 0 Å². The zero-order valence-electron chi connectivity index (χ0n) is 13.3. The van der Waals surface area contributed by atoms with Crippen LogP contribution in [0.1, 0.15) is 78.6 Å². The van der Waals surface area contributed by atoms with Crippen molar-refractivity contribution in [2.75, 3.05) is 0 Å². The second kappa shape index (κ2) is 8.08. The fourth-order valence-corrected chi connectivity index (χ4v) is 4.63. The molecular formula is C16H32O2Si. The third-order valence-corrected chi connectivity index (χ3v) is 5.75. The Hall–Kier alpha value is -0.313. The van der Waals surface area contributed by atoms with E-state index in [1.807, 2.05) is 0 Å². The van der Waals surface area contributed by atoms with Gasteiger partial charge in [0.25, 0.3) is 5.97 Å². The second-order valence-electron chi connectivity index (χ2n) is 6.15.